The maximum Gasteiger partial charge on any atom is 0.0507 e. The summed E-state index contributed by atoms with van der Waals surface area (Å²) in [7, 11) is 0. The van der Waals surface area contributed by atoms with Crippen molar-refractivity contribution in [3.05, 3.63) is 22.4 Å². The zero-order chi connectivity index (χ0) is 13.2. The molecular weight excluding hydrogens is 240 g/mol. The predicted molar refractivity (Wildman–Crippen MR) is 79.9 cm³/mol. The van der Waals surface area contributed by atoms with E-state index in [1.165, 1.54) is 31.5 Å². The summed E-state index contributed by atoms with van der Waals surface area (Å²) in [4.78, 5) is 2.61. The molecule has 2 heterocycles. The minimum Gasteiger partial charge on any atom is -0.326 e. The smallest absolute Gasteiger partial charge is 0.0507 e. The van der Waals surface area contributed by atoms with Crippen molar-refractivity contribution >= 4 is 11.3 Å². The number of hydrogen-bond acceptors (Lipinski definition) is 3. The van der Waals surface area contributed by atoms with Gasteiger partial charge < -0.3 is 5.73 Å². The summed E-state index contributed by atoms with van der Waals surface area (Å²) < 4.78 is 0. The minimum atomic E-state index is 0.244. The highest BCUT2D eigenvalue weighted by molar-refractivity contribution is 7.07. The van der Waals surface area contributed by atoms with E-state index in [1.807, 2.05) is 0 Å². The number of likely N-dealkylation sites (tertiary alicyclic amines) is 1. The van der Waals surface area contributed by atoms with Gasteiger partial charge in [0.25, 0.3) is 0 Å². The Hall–Kier alpha value is -0.380. The van der Waals surface area contributed by atoms with Gasteiger partial charge >= 0.3 is 0 Å². The molecule has 2 unspecified atom stereocenters. The lowest BCUT2D eigenvalue weighted by Gasteiger charge is -2.44. The molecule has 2 nitrogen and oxygen atoms in total. The molecular formula is C15H26N2S. The van der Waals surface area contributed by atoms with Crippen LogP contribution in [0.15, 0.2) is 16.8 Å². The van der Waals surface area contributed by atoms with Crippen molar-refractivity contribution in [1.29, 1.82) is 0 Å². The van der Waals surface area contributed by atoms with Gasteiger partial charge in [0.05, 0.1) is 6.04 Å². The Morgan fingerprint density at radius 1 is 1.50 bits per heavy atom. The van der Waals surface area contributed by atoms with Crippen LogP contribution in [-0.4, -0.2) is 24.0 Å². The first-order valence-electron chi connectivity index (χ1n) is 7.05. The third kappa shape index (κ3) is 3.14. The van der Waals surface area contributed by atoms with Crippen LogP contribution in [-0.2, 0) is 0 Å². The molecule has 1 fully saturated rings. The van der Waals surface area contributed by atoms with Crippen LogP contribution in [0.25, 0.3) is 0 Å². The van der Waals surface area contributed by atoms with Crippen molar-refractivity contribution in [3.63, 3.8) is 0 Å². The Morgan fingerprint density at radius 2 is 2.28 bits per heavy atom. The number of thiophene rings is 1. The molecule has 0 amide bonds. The SMILES string of the molecule is CCC(N)C(c1ccsc1)N1CCCC(C)(C)C1. The summed E-state index contributed by atoms with van der Waals surface area (Å²) in [5.41, 5.74) is 8.23. The van der Waals surface area contributed by atoms with Crippen LogP contribution < -0.4 is 5.73 Å². The van der Waals surface area contributed by atoms with E-state index in [-0.39, 0.29) is 6.04 Å². The summed E-state index contributed by atoms with van der Waals surface area (Å²) in [6, 6.07) is 2.89. The van der Waals surface area contributed by atoms with Gasteiger partial charge in [-0.05, 0) is 53.6 Å². The Balaban J connectivity index is 2.19. The molecule has 1 aliphatic heterocycles. The number of hydrogen-bond donors (Lipinski definition) is 1. The van der Waals surface area contributed by atoms with Crippen LogP contribution in [0.3, 0.4) is 0 Å². The van der Waals surface area contributed by atoms with Crippen LogP contribution in [0.5, 0.6) is 0 Å². The molecule has 2 atom stereocenters. The molecule has 0 radical (unpaired) electrons. The first-order valence-corrected chi connectivity index (χ1v) is 7.99. The van der Waals surface area contributed by atoms with Crippen LogP contribution >= 0.6 is 11.3 Å². The van der Waals surface area contributed by atoms with Crippen molar-refractivity contribution in [2.45, 2.75) is 52.1 Å². The number of rotatable bonds is 4. The maximum atomic E-state index is 6.39. The topological polar surface area (TPSA) is 29.3 Å². The van der Waals surface area contributed by atoms with E-state index in [0.717, 1.165) is 6.42 Å². The second-order valence-corrected chi connectivity index (χ2v) is 7.09. The van der Waals surface area contributed by atoms with Crippen LogP contribution in [0, 0.1) is 5.41 Å². The Labute approximate surface area is 115 Å². The predicted octanol–water partition coefficient (Wildman–Crippen LogP) is 3.65. The quantitative estimate of drug-likeness (QED) is 0.901. The van der Waals surface area contributed by atoms with Crippen molar-refractivity contribution in [1.82, 2.24) is 4.90 Å². The molecule has 3 heteroatoms. The molecule has 0 saturated carbocycles. The molecule has 0 bridgehead atoms. The lowest BCUT2D eigenvalue weighted by molar-refractivity contribution is 0.0659. The Kier molecular flexibility index (Phi) is 4.46. The lowest BCUT2D eigenvalue weighted by atomic mass is 9.82. The second kappa shape index (κ2) is 5.72. The zero-order valence-electron chi connectivity index (χ0n) is 11.9. The standard InChI is InChI=1S/C15H26N2S/c1-4-13(16)14(12-6-9-18-10-12)17-8-5-7-15(2,3)11-17/h6,9-10,13-14H,4-5,7-8,11,16H2,1-3H3. The molecule has 1 aromatic rings. The monoisotopic (exact) mass is 266 g/mol. The number of piperidine rings is 1. The van der Waals surface area contributed by atoms with Gasteiger partial charge in [0.2, 0.25) is 0 Å². The highest BCUT2D eigenvalue weighted by Crippen LogP contribution is 2.35. The van der Waals surface area contributed by atoms with Gasteiger partial charge in [0.15, 0.2) is 0 Å². The molecule has 1 aromatic heterocycles. The molecule has 0 aliphatic carbocycles. The van der Waals surface area contributed by atoms with Gasteiger partial charge in [0.1, 0.15) is 0 Å². The third-order valence-electron chi connectivity index (χ3n) is 4.09. The van der Waals surface area contributed by atoms with Crippen molar-refractivity contribution < 1.29 is 0 Å². The molecule has 0 aromatic carbocycles. The lowest BCUT2D eigenvalue weighted by Crippen LogP contribution is -2.47. The first kappa shape index (κ1) is 14.0. The van der Waals surface area contributed by atoms with Crippen molar-refractivity contribution in [2.24, 2.45) is 11.1 Å². The first-order chi connectivity index (χ1) is 8.53. The van der Waals surface area contributed by atoms with Crippen molar-refractivity contribution in [3.8, 4) is 0 Å². The highest BCUT2D eigenvalue weighted by atomic mass is 32.1. The molecule has 0 spiro atoms. The normalized spacial score (nSPS) is 23.8. The molecule has 1 aliphatic rings. The average Bonchev–Trinajstić information content (AvgIpc) is 2.81. The highest BCUT2D eigenvalue weighted by Gasteiger charge is 2.33. The summed E-state index contributed by atoms with van der Waals surface area (Å²) in [5.74, 6) is 0. The van der Waals surface area contributed by atoms with Crippen LogP contribution in [0.1, 0.15) is 51.6 Å². The van der Waals surface area contributed by atoms with E-state index >= 15 is 0 Å². The molecule has 2 rings (SSSR count). The maximum absolute atomic E-state index is 6.39. The molecule has 18 heavy (non-hydrogen) atoms. The van der Waals surface area contributed by atoms with E-state index in [2.05, 4.69) is 42.5 Å². The van der Waals surface area contributed by atoms with E-state index in [9.17, 15) is 0 Å². The fraction of sp³-hybridized carbons (Fsp3) is 0.733. The van der Waals surface area contributed by atoms with Gasteiger partial charge in [-0.3, -0.25) is 4.90 Å². The number of nitrogens with zero attached hydrogens (tertiary/aromatic N) is 1. The van der Waals surface area contributed by atoms with E-state index in [1.54, 1.807) is 11.3 Å². The Bertz CT molecular complexity index is 359. The summed E-state index contributed by atoms with van der Waals surface area (Å²) >= 11 is 1.78. The molecule has 2 N–H and O–H groups in total. The zero-order valence-corrected chi connectivity index (χ0v) is 12.7. The van der Waals surface area contributed by atoms with Gasteiger partial charge in [-0.15, -0.1) is 0 Å². The number of nitrogens with two attached hydrogens (primary N) is 1. The van der Waals surface area contributed by atoms with Gasteiger partial charge in [-0.25, -0.2) is 0 Å². The summed E-state index contributed by atoms with van der Waals surface area (Å²) in [5, 5.41) is 4.43. The summed E-state index contributed by atoms with van der Waals surface area (Å²) in [6.07, 6.45) is 3.67. The average molecular weight is 266 g/mol. The fourth-order valence-electron chi connectivity index (χ4n) is 3.10. The van der Waals surface area contributed by atoms with Crippen LogP contribution in [0.2, 0.25) is 0 Å². The van der Waals surface area contributed by atoms with E-state index in [0.29, 0.717) is 11.5 Å². The molecule has 1 saturated heterocycles. The van der Waals surface area contributed by atoms with Gasteiger partial charge in [-0.1, -0.05) is 20.8 Å². The van der Waals surface area contributed by atoms with Gasteiger partial charge in [-0.2, -0.15) is 11.3 Å². The fourth-order valence-corrected chi connectivity index (χ4v) is 3.79. The van der Waals surface area contributed by atoms with Crippen LogP contribution in [0.4, 0.5) is 0 Å². The van der Waals surface area contributed by atoms with E-state index < -0.39 is 0 Å². The third-order valence-corrected chi connectivity index (χ3v) is 4.79. The Morgan fingerprint density at radius 3 is 2.83 bits per heavy atom. The second-order valence-electron chi connectivity index (χ2n) is 6.31. The van der Waals surface area contributed by atoms with Crippen molar-refractivity contribution in [2.75, 3.05) is 13.1 Å². The molecule has 102 valence electrons. The summed E-state index contributed by atoms with van der Waals surface area (Å²) in [6.45, 7) is 9.31. The van der Waals surface area contributed by atoms with E-state index in [4.69, 9.17) is 5.73 Å². The largest absolute Gasteiger partial charge is 0.326 e. The van der Waals surface area contributed by atoms with Gasteiger partial charge in [0, 0.05) is 12.6 Å². The minimum absolute atomic E-state index is 0.244.